The molecule has 0 atom stereocenters. The van der Waals surface area contributed by atoms with E-state index in [1.54, 1.807) is 6.07 Å². The zero-order chi connectivity index (χ0) is 16.9. The van der Waals surface area contributed by atoms with Crippen molar-refractivity contribution < 1.29 is 4.99 Å². The van der Waals surface area contributed by atoms with Gasteiger partial charge in [0.2, 0.25) is 0 Å². The van der Waals surface area contributed by atoms with Crippen LogP contribution in [0.5, 0.6) is 0 Å². The summed E-state index contributed by atoms with van der Waals surface area (Å²) in [4.78, 5) is 3.43. The van der Waals surface area contributed by atoms with Crippen LogP contribution >= 0.6 is 23.2 Å². The molecule has 0 amide bonds. The van der Waals surface area contributed by atoms with Crippen LogP contribution in [0.25, 0.3) is 0 Å². The maximum Gasteiger partial charge on any atom is 0.285 e. The Hall–Kier alpha value is -2.29. The molecule has 3 rings (SSSR count). The van der Waals surface area contributed by atoms with E-state index in [2.05, 4.69) is 29.4 Å². The van der Waals surface area contributed by atoms with Crippen molar-refractivity contribution in [2.75, 3.05) is 5.32 Å². The standard InChI is InChI=1S/C20H16Cl2N2/c1-14-7-9-18(10-8-14)23-20(15-5-3-2-4-6-15)24-19-12-16(21)11-17(22)13-19/h2-13H,1H3,(H,23,24)/p+1. The molecule has 0 saturated carbocycles. The molecule has 0 radical (unpaired) electrons. The van der Waals surface area contributed by atoms with Gasteiger partial charge in [-0.3, -0.25) is 0 Å². The van der Waals surface area contributed by atoms with Crippen molar-refractivity contribution in [3.05, 3.63) is 94.0 Å². The van der Waals surface area contributed by atoms with E-state index in [4.69, 9.17) is 23.2 Å². The second kappa shape index (κ2) is 7.52. The quantitative estimate of drug-likeness (QED) is 0.522. The number of amidine groups is 1. The van der Waals surface area contributed by atoms with Gasteiger partial charge in [0.05, 0.1) is 5.56 Å². The van der Waals surface area contributed by atoms with E-state index >= 15 is 0 Å². The highest BCUT2D eigenvalue weighted by Crippen LogP contribution is 2.22. The largest absolute Gasteiger partial charge is 0.285 e. The van der Waals surface area contributed by atoms with Crippen LogP contribution < -0.4 is 10.3 Å². The van der Waals surface area contributed by atoms with Crippen molar-refractivity contribution in [3.8, 4) is 0 Å². The van der Waals surface area contributed by atoms with Gasteiger partial charge in [-0.25, -0.2) is 10.3 Å². The summed E-state index contributed by atoms with van der Waals surface area (Å²) in [5.41, 5.74) is 4.08. The lowest BCUT2D eigenvalue weighted by atomic mass is 10.2. The van der Waals surface area contributed by atoms with Crippen LogP contribution in [0.1, 0.15) is 11.1 Å². The predicted octanol–water partition coefficient (Wildman–Crippen LogP) is 4.57. The number of hydrogen-bond acceptors (Lipinski definition) is 0. The van der Waals surface area contributed by atoms with Gasteiger partial charge >= 0.3 is 0 Å². The molecule has 120 valence electrons. The number of benzene rings is 3. The molecule has 0 fully saturated rings. The van der Waals surface area contributed by atoms with E-state index in [1.807, 2.05) is 54.6 Å². The van der Waals surface area contributed by atoms with Crippen molar-refractivity contribution >= 4 is 40.4 Å². The Morgan fingerprint density at radius 2 is 1.46 bits per heavy atom. The van der Waals surface area contributed by atoms with Gasteiger partial charge in [0.1, 0.15) is 11.4 Å². The highest BCUT2D eigenvalue weighted by atomic mass is 35.5. The van der Waals surface area contributed by atoms with E-state index in [-0.39, 0.29) is 0 Å². The molecule has 0 bridgehead atoms. The molecular formula is C20H17Cl2N2+. The summed E-state index contributed by atoms with van der Waals surface area (Å²) < 4.78 is 0. The number of aryl methyl sites for hydroxylation is 1. The number of nitrogens with one attached hydrogen (secondary N) is 2. The molecule has 0 aliphatic heterocycles. The Morgan fingerprint density at radius 1 is 0.833 bits per heavy atom. The minimum atomic E-state index is 0.591. The highest BCUT2D eigenvalue weighted by molar-refractivity contribution is 6.35. The zero-order valence-electron chi connectivity index (χ0n) is 13.2. The third-order valence-electron chi connectivity index (χ3n) is 3.52. The van der Waals surface area contributed by atoms with Crippen molar-refractivity contribution in [2.24, 2.45) is 0 Å². The van der Waals surface area contributed by atoms with Gasteiger partial charge in [-0.1, -0.05) is 59.1 Å². The normalized spacial score (nSPS) is 11.4. The average Bonchev–Trinajstić information content (AvgIpc) is 2.56. The van der Waals surface area contributed by atoms with Gasteiger partial charge in [-0.2, -0.15) is 0 Å². The van der Waals surface area contributed by atoms with Crippen LogP contribution in [0.4, 0.5) is 11.4 Å². The van der Waals surface area contributed by atoms with Crippen LogP contribution in [-0.2, 0) is 0 Å². The summed E-state index contributed by atoms with van der Waals surface area (Å²) in [6.45, 7) is 2.07. The number of anilines is 1. The van der Waals surface area contributed by atoms with Gasteiger partial charge in [-0.15, -0.1) is 0 Å². The Labute approximate surface area is 151 Å². The van der Waals surface area contributed by atoms with Crippen molar-refractivity contribution in [2.45, 2.75) is 6.92 Å². The fraction of sp³-hybridized carbons (Fsp3) is 0.0500. The van der Waals surface area contributed by atoms with E-state index in [1.165, 1.54) is 5.56 Å². The molecule has 0 aliphatic rings. The Morgan fingerprint density at radius 3 is 2.08 bits per heavy atom. The summed E-state index contributed by atoms with van der Waals surface area (Å²) in [5.74, 6) is 0.859. The summed E-state index contributed by atoms with van der Waals surface area (Å²) in [5, 5.41) is 4.56. The number of hydrogen-bond donors (Lipinski definition) is 2. The summed E-state index contributed by atoms with van der Waals surface area (Å²) in [6.07, 6.45) is 0. The second-order valence-electron chi connectivity index (χ2n) is 5.52. The molecule has 2 N–H and O–H groups in total. The fourth-order valence-electron chi connectivity index (χ4n) is 2.33. The first-order valence-corrected chi connectivity index (χ1v) is 8.35. The van der Waals surface area contributed by atoms with E-state index in [9.17, 15) is 0 Å². The van der Waals surface area contributed by atoms with E-state index < -0.39 is 0 Å². The molecule has 3 aromatic rings. The summed E-state index contributed by atoms with van der Waals surface area (Å²) in [6, 6.07) is 23.7. The lowest BCUT2D eigenvalue weighted by Crippen LogP contribution is -2.68. The average molecular weight is 356 g/mol. The van der Waals surface area contributed by atoms with Gasteiger partial charge in [-0.05, 0) is 37.3 Å². The number of halogens is 2. The molecule has 0 unspecified atom stereocenters. The highest BCUT2D eigenvalue weighted by Gasteiger charge is 2.13. The lowest BCUT2D eigenvalue weighted by molar-refractivity contribution is -0.352. The number of rotatable bonds is 3. The van der Waals surface area contributed by atoms with Gasteiger partial charge in [0.25, 0.3) is 5.84 Å². The van der Waals surface area contributed by atoms with Crippen molar-refractivity contribution in [1.82, 2.24) is 0 Å². The van der Waals surface area contributed by atoms with Crippen LogP contribution in [-0.4, -0.2) is 5.84 Å². The van der Waals surface area contributed by atoms with Crippen LogP contribution in [0.15, 0.2) is 72.8 Å². The molecule has 0 aliphatic carbocycles. The van der Waals surface area contributed by atoms with Crippen LogP contribution in [0, 0.1) is 6.92 Å². The summed E-state index contributed by atoms with van der Waals surface area (Å²) in [7, 11) is 0. The molecule has 24 heavy (non-hydrogen) atoms. The summed E-state index contributed by atoms with van der Waals surface area (Å²) >= 11 is 12.2. The smallest absolute Gasteiger partial charge is 0.240 e. The van der Waals surface area contributed by atoms with Crippen LogP contribution in [0.3, 0.4) is 0 Å². The topological polar surface area (TPSA) is 26.0 Å². The molecule has 0 heterocycles. The van der Waals surface area contributed by atoms with Gasteiger partial charge in [0.15, 0.2) is 0 Å². The van der Waals surface area contributed by atoms with Crippen molar-refractivity contribution in [3.63, 3.8) is 0 Å². The van der Waals surface area contributed by atoms with Crippen molar-refractivity contribution in [1.29, 1.82) is 0 Å². The zero-order valence-corrected chi connectivity index (χ0v) is 14.7. The first kappa shape index (κ1) is 16.6. The molecule has 3 aromatic carbocycles. The first-order chi connectivity index (χ1) is 11.6. The maximum absolute atomic E-state index is 6.10. The molecule has 0 aromatic heterocycles. The first-order valence-electron chi connectivity index (χ1n) is 7.59. The SMILES string of the molecule is Cc1ccc([NH+]=C(Nc2cc(Cl)cc(Cl)c2)c2ccccc2)cc1. The predicted molar refractivity (Wildman–Crippen MR) is 102 cm³/mol. The van der Waals surface area contributed by atoms with E-state index in [0.717, 1.165) is 22.8 Å². The maximum atomic E-state index is 6.10. The molecular weight excluding hydrogens is 339 g/mol. The lowest BCUT2D eigenvalue weighted by Gasteiger charge is -2.05. The minimum Gasteiger partial charge on any atom is -0.240 e. The third kappa shape index (κ3) is 4.38. The van der Waals surface area contributed by atoms with E-state index in [0.29, 0.717) is 10.0 Å². The second-order valence-corrected chi connectivity index (χ2v) is 6.39. The monoisotopic (exact) mass is 355 g/mol. The minimum absolute atomic E-state index is 0.591. The Balaban J connectivity index is 2.00. The van der Waals surface area contributed by atoms with Gasteiger partial charge < -0.3 is 0 Å². The third-order valence-corrected chi connectivity index (χ3v) is 3.95. The fourth-order valence-corrected chi connectivity index (χ4v) is 2.86. The molecule has 0 spiro atoms. The van der Waals surface area contributed by atoms with Gasteiger partial charge in [0, 0.05) is 22.2 Å². The Bertz CT molecular complexity index is 836. The molecule has 4 heteroatoms. The molecule has 2 nitrogen and oxygen atoms in total. The molecule has 0 saturated heterocycles. The van der Waals surface area contributed by atoms with Crippen LogP contribution in [0.2, 0.25) is 10.0 Å². The Kier molecular flexibility index (Phi) is 5.19.